The second-order valence-electron chi connectivity index (χ2n) is 3.08. The van der Waals surface area contributed by atoms with Crippen LogP contribution in [-0.4, -0.2) is 29.8 Å². The third-order valence-corrected chi connectivity index (χ3v) is 2.13. The van der Waals surface area contributed by atoms with Crippen molar-refractivity contribution in [3.05, 3.63) is 21.7 Å². The Morgan fingerprint density at radius 3 is 3.07 bits per heavy atom. The smallest absolute Gasteiger partial charge is 0.350 e. The van der Waals surface area contributed by atoms with Gasteiger partial charge in [-0.25, -0.2) is 4.79 Å². The highest BCUT2D eigenvalue weighted by Crippen LogP contribution is 2.08. The molecule has 1 aromatic heterocycles. The molecule has 5 nitrogen and oxygen atoms in total. The highest BCUT2D eigenvalue weighted by atomic mass is 35.5. The Morgan fingerprint density at radius 1 is 1.67 bits per heavy atom. The molecule has 1 heterocycles. The second-order valence-corrected chi connectivity index (χ2v) is 3.47. The van der Waals surface area contributed by atoms with E-state index in [1.807, 2.05) is 0 Å². The quantitative estimate of drug-likeness (QED) is 0.604. The molecule has 0 spiro atoms. The number of anilines is 1. The topological polar surface area (TPSA) is 56.1 Å². The third-order valence-electron chi connectivity index (χ3n) is 1.94. The van der Waals surface area contributed by atoms with Crippen LogP contribution in [0.4, 0.5) is 5.82 Å². The van der Waals surface area contributed by atoms with Gasteiger partial charge in [-0.15, -0.1) is 0 Å². The minimum absolute atomic E-state index is 0.201. The lowest BCUT2D eigenvalue weighted by Crippen LogP contribution is -2.23. The maximum Gasteiger partial charge on any atom is 0.350 e. The number of aromatic nitrogens is 2. The summed E-state index contributed by atoms with van der Waals surface area (Å²) in [5.41, 5.74) is -0.364. The van der Waals surface area contributed by atoms with Crippen molar-refractivity contribution in [2.75, 3.05) is 25.6 Å². The number of ether oxygens (including phenoxy) is 1. The molecule has 0 unspecified atom stereocenters. The van der Waals surface area contributed by atoms with Gasteiger partial charge in [0.25, 0.3) is 0 Å². The van der Waals surface area contributed by atoms with Crippen molar-refractivity contribution in [3.8, 4) is 0 Å². The van der Waals surface area contributed by atoms with Gasteiger partial charge < -0.3 is 10.1 Å². The summed E-state index contributed by atoms with van der Waals surface area (Å²) in [7, 11) is 3.30. The average Bonchev–Trinajstić information content (AvgIpc) is 2.19. The monoisotopic (exact) mass is 231 g/mol. The molecule has 15 heavy (non-hydrogen) atoms. The van der Waals surface area contributed by atoms with Gasteiger partial charge in [0.05, 0.1) is 0 Å². The molecule has 0 saturated carbocycles. The van der Waals surface area contributed by atoms with Crippen molar-refractivity contribution in [2.24, 2.45) is 7.05 Å². The van der Waals surface area contributed by atoms with Crippen LogP contribution < -0.4 is 11.0 Å². The molecule has 0 bridgehead atoms. The van der Waals surface area contributed by atoms with Crippen LogP contribution in [0.1, 0.15) is 6.42 Å². The SMILES string of the molecule is COCCCNc1cc(Cl)nc(=O)n1C. The Hall–Kier alpha value is -1.07. The molecule has 0 atom stereocenters. The Balaban J connectivity index is 2.64. The normalized spacial score (nSPS) is 10.3. The third kappa shape index (κ3) is 3.53. The van der Waals surface area contributed by atoms with Crippen LogP contribution >= 0.6 is 11.6 Å². The summed E-state index contributed by atoms with van der Waals surface area (Å²) in [5, 5.41) is 3.29. The molecule has 6 heteroatoms. The fourth-order valence-corrected chi connectivity index (χ4v) is 1.29. The molecular formula is C9H14ClN3O2. The zero-order chi connectivity index (χ0) is 11.3. The van der Waals surface area contributed by atoms with Crippen LogP contribution in [0, 0.1) is 0 Å². The first kappa shape index (κ1) is 12.0. The summed E-state index contributed by atoms with van der Waals surface area (Å²) < 4.78 is 6.33. The van der Waals surface area contributed by atoms with Crippen molar-refractivity contribution in [1.82, 2.24) is 9.55 Å². The number of rotatable bonds is 5. The number of halogens is 1. The molecule has 1 rings (SSSR count). The molecule has 0 radical (unpaired) electrons. The van der Waals surface area contributed by atoms with Crippen molar-refractivity contribution >= 4 is 17.4 Å². The maximum absolute atomic E-state index is 11.3. The first-order valence-corrected chi connectivity index (χ1v) is 4.99. The minimum Gasteiger partial charge on any atom is -0.385 e. The summed E-state index contributed by atoms with van der Waals surface area (Å²) in [6.07, 6.45) is 0.866. The summed E-state index contributed by atoms with van der Waals surface area (Å²) in [6.45, 7) is 1.40. The van der Waals surface area contributed by atoms with Gasteiger partial charge in [0, 0.05) is 33.4 Å². The van der Waals surface area contributed by atoms with Crippen LogP contribution in [0.2, 0.25) is 5.15 Å². The lowest BCUT2D eigenvalue weighted by molar-refractivity contribution is 0.197. The van der Waals surface area contributed by atoms with Crippen LogP contribution in [-0.2, 0) is 11.8 Å². The summed E-state index contributed by atoms with van der Waals surface area (Å²) >= 11 is 5.67. The molecule has 1 N–H and O–H groups in total. The van der Waals surface area contributed by atoms with Crippen LogP contribution in [0.25, 0.3) is 0 Å². The van der Waals surface area contributed by atoms with Crippen molar-refractivity contribution < 1.29 is 4.74 Å². The Bertz CT molecular complexity index is 378. The van der Waals surface area contributed by atoms with E-state index in [0.29, 0.717) is 12.4 Å². The zero-order valence-electron chi connectivity index (χ0n) is 8.79. The number of methoxy groups -OCH3 is 1. The van der Waals surface area contributed by atoms with E-state index in [1.165, 1.54) is 4.57 Å². The number of nitrogens with one attached hydrogen (secondary N) is 1. The van der Waals surface area contributed by atoms with E-state index in [4.69, 9.17) is 16.3 Å². The predicted octanol–water partition coefficient (Wildman–Crippen LogP) is 0.882. The van der Waals surface area contributed by atoms with Gasteiger partial charge in [0.15, 0.2) is 0 Å². The van der Waals surface area contributed by atoms with Crippen molar-refractivity contribution in [3.63, 3.8) is 0 Å². The Labute approximate surface area is 93.0 Å². The van der Waals surface area contributed by atoms with Gasteiger partial charge >= 0.3 is 5.69 Å². The molecule has 0 fully saturated rings. The highest BCUT2D eigenvalue weighted by Gasteiger charge is 2.02. The standard InChI is InChI=1S/C9H14ClN3O2/c1-13-8(11-4-3-5-15-2)6-7(10)12-9(13)14/h6,11H,3-5H2,1-2H3. The lowest BCUT2D eigenvalue weighted by Gasteiger charge is -2.09. The van der Waals surface area contributed by atoms with Gasteiger partial charge in [0.1, 0.15) is 11.0 Å². The molecule has 84 valence electrons. The van der Waals surface area contributed by atoms with Crippen molar-refractivity contribution in [2.45, 2.75) is 6.42 Å². The van der Waals surface area contributed by atoms with Crippen LogP contribution in [0.5, 0.6) is 0 Å². The van der Waals surface area contributed by atoms with Gasteiger partial charge in [-0.2, -0.15) is 4.98 Å². The first-order chi connectivity index (χ1) is 7.15. The fraction of sp³-hybridized carbons (Fsp3) is 0.556. The summed E-state index contributed by atoms with van der Waals surface area (Å²) in [4.78, 5) is 14.8. The predicted molar refractivity (Wildman–Crippen MR) is 59.5 cm³/mol. The molecular weight excluding hydrogens is 218 g/mol. The van der Waals surface area contributed by atoms with Gasteiger partial charge in [-0.05, 0) is 6.42 Å². The molecule has 0 saturated heterocycles. The van der Waals surface area contributed by atoms with E-state index >= 15 is 0 Å². The van der Waals surface area contributed by atoms with Crippen molar-refractivity contribution in [1.29, 1.82) is 0 Å². The van der Waals surface area contributed by atoms with E-state index in [-0.39, 0.29) is 10.8 Å². The Morgan fingerprint density at radius 2 is 2.40 bits per heavy atom. The van der Waals surface area contributed by atoms with Crippen LogP contribution in [0.15, 0.2) is 10.9 Å². The molecule has 1 aromatic rings. The van der Waals surface area contributed by atoms with E-state index in [1.54, 1.807) is 20.2 Å². The fourth-order valence-electron chi connectivity index (χ4n) is 1.11. The van der Waals surface area contributed by atoms with E-state index < -0.39 is 0 Å². The van der Waals surface area contributed by atoms with Crippen LogP contribution in [0.3, 0.4) is 0 Å². The largest absolute Gasteiger partial charge is 0.385 e. The van der Waals surface area contributed by atoms with Gasteiger partial charge in [-0.1, -0.05) is 11.6 Å². The highest BCUT2D eigenvalue weighted by molar-refractivity contribution is 6.29. The van der Waals surface area contributed by atoms with E-state index in [2.05, 4.69) is 10.3 Å². The summed E-state index contributed by atoms with van der Waals surface area (Å²) in [6, 6.07) is 1.62. The van der Waals surface area contributed by atoms with Gasteiger partial charge in [0.2, 0.25) is 0 Å². The number of hydrogen-bond acceptors (Lipinski definition) is 4. The number of hydrogen-bond donors (Lipinski definition) is 1. The number of nitrogens with zero attached hydrogens (tertiary/aromatic N) is 2. The zero-order valence-corrected chi connectivity index (χ0v) is 9.54. The van der Waals surface area contributed by atoms with Gasteiger partial charge in [-0.3, -0.25) is 4.57 Å². The average molecular weight is 232 g/mol. The molecule has 0 amide bonds. The summed E-state index contributed by atoms with van der Waals surface area (Å²) in [5.74, 6) is 0.663. The molecule has 0 aromatic carbocycles. The molecule has 0 aliphatic rings. The lowest BCUT2D eigenvalue weighted by atomic mass is 10.4. The Kier molecular flexibility index (Phi) is 4.58. The minimum atomic E-state index is -0.364. The molecule has 0 aliphatic heterocycles. The second kappa shape index (κ2) is 5.72. The van der Waals surface area contributed by atoms with E-state index in [0.717, 1.165) is 13.0 Å². The maximum atomic E-state index is 11.3. The first-order valence-electron chi connectivity index (χ1n) is 4.61. The molecule has 0 aliphatic carbocycles. The van der Waals surface area contributed by atoms with E-state index in [9.17, 15) is 4.79 Å².